The SMILES string of the molecule is N=C(N)c1ccc(CNC(=O)[C@@H]2CCN2C(=O)CNCC(=O)O)cc1. The highest BCUT2D eigenvalue weighted by Gasteiger charge is 2.36. The fraction of sp³-hybridized carbons (Fsp3) is 0.375. The summed E-state index contributed by atoms with van der Waals surface area (Å²) in [5.41, 5.74) is 6.86. The molecule has 9 heteroatoms. The van der Waals surface area contributed by atoms with Gasteiger partial charge in [-0.25, -0.2) is 0 Å². The van der Waals surface area contributed by atoms with Crippen LogP contribution in [0.15, 0.2) is 24.3 Å². The highest BCUT2D eigenvalue weighted by Crippen LogP contribution is 2.17. The molecule has 9 nitrogen and oxygen atoms in total. The number of carbonyl (C=O) groups excluding carboxylic acids is 2. The molecule has 1 atom stereocenters. The molecule has 1 aliphatic rings. The third kappa shape index (κ3) is 5.01. The summed E-state index contributed by atoms with van der Waals surface area (Å²) in [5, 5.41) is 21.2. The van der Waals surface area contributed by atoms with Crippen molar-refractivity contribution in [1.82, 2.24) is 15.5 Å². The van der Waals surface area contributed by atoms with Gasteiger partial charge in [0.15, 0.2) is 0 Å². The van der Waals surface area contributed by atoms with E-state index in [-0.39, 0.29) is 30.7 Å². The highest BCUT2D eigenvalue weighted by atomic mass is 16.4. The molecule has 2 amide bonds. The number of carboxylic acids is 1. The number of amides is 2. The van der Waals surface area contributed by atoms with Crippen LogP contribution in [0.2, 0.25) is 0 Å². The van der Waals surface area contributed by atoms with Gasteiger partial charge >= 0.3 is 5.97 Å². The van der Waals surface area contributed by atoms with Crippen LogP contribution in [0, 0.1) is 5.41 Å². The van der Waals surface area contributed by atoms with E-state index in [9.17, 15) is 14.4 Å². The third-order valence-corrected chi connectivity index (χ3v) is 3.93. The summed E-state index contributed by atoms with van der Waals surface area (Å²) in [6.45, 7) is 0.390. The summed E-state index contributed by atoms with van der Waals surface area (Å²) in [5.74, 6) is -1.59. The van der Waals surface area contributed by atoms with Crippen molar-refractivity contribution < 1.29 is 19.5 Å². The van der Waals surface area contributed by atoms with Gasteiger partial charge in [0.25, 0.3) is 0 Å². The molecule has 1 saturated heterocycles. The first kappa shape index (κ1) is 18.4. The van der Waals surface area contributed by atoms with Crippen molar-refractivity contribution in [2.75, 3.05) is 19.6 Å². The van der Waals surface area contributed by atoms with Gasteiger partial charge in [0.1, 0.15) is 11.9 Å². The molecule has 1 aliphatic heterocycles. The number of nitrogens with one attached hydrogen (secondary N) is 3. The van der Waals surface area contributed by atoms with Gasteiger partial charge in [0.05, 0.1) is 13.1 Å². The lowest BCUT2D eigenvalue weighted by Crippen LogP contribution is -2.59. The minimum Gasteiger partial charge on any atom is -0.480 e. The second-order valence-electron chi connectivity index (χ2n) is 5.72. The number of carbonyl (C=O) groups is 3. The van der Waals surface area contributed by atoms with Crippen LogP contribution in [0.3, 0.4) is 0 Å². The summed E-state index contributed by atoms with van der Waals surface area (Å²) in [6.07, 6.45) is 0.583. The molecule has 0 spiro atoms. The van der Waals surface area contributed by atoms with Gasteiger partial charge in [-0.05, 0) is 12.0 Å². The zero-order chi connectivity index (χ0) is 18.4. The maximum Gasteiger partial charge on any atom is 0.317 e. The number of hydrogen-bond donors (Lipinski definition) is 5. The molecule has 134 valence electrons. The number of carboxylic acid groups (broad SMARTS) is 1. The summed E-state index contributed by atoms with van der Waals surface area (Å²) < 4.78 is 0. The second kappa shape index (κ2) is 8.25. The zero-order valence-corrected chi connectivity index (χ0v) is 13.6. The van der Waals surface area contributed by atoms with E-state index in [2.05, 4.69) is 10.6 Å². The molecule has 1 aromatic carbocycles. The Labute approximate surface area is 144 Å². The van der Waals surface area contributed by atoms with Gasteiger partial charge in [-0.1, -0.05) is 24.3 Å². The second-order valence-corrected chi connectivity index (χ2v) is 5.72. The molecule has 25 heavy (non-hydrogen) atoms. The predicted molar refractivity (Wildman–Crippen MR) is 89.9 cm³/mol. The molecule has 0 saturated carbocycles. The smallest absolute Gasteiger partial charge is 0.317 e. The normalized spacial score (nSPS) is 16.0. The van der Waals surface area contributed by atoms with Crippen molar-refractivity contribution in [3.8, 4) is 0 Å². The highest BCUT2D eigenvalue weighted by molar-refractivity contribution is 5.95. The standard InChI is InChI=1S/C16H21N5O4/c17-15(18)11-3-1-10(2-4-11)7-20-16(25)12-5-6-21(12)13(22)8-19-9-14(23)24/h1-4,12,19H,5-9H2,(H3,17,18)(H,20,25)(H,23,24)/t12-/m0/s1. The van der Waals surface area contributed by atoms with E-state index < -0.39 is 12.0 Å². The van der Waals surface area contributed by atoms with Crippen LogP contribution in [-0.4, -0.2) is 59.3 Å². The summed E-state index contributed by atoms with van der Waals surface area (Å²) in [4.78, 5) is 36.0. The summed E-state index contributed by atoms with van der Waals surface area (Å²) >= 11 is 0. The van der Waals surface area contributed by atoms with Crippen molar-refractivity contribution in [1.29, 1.82) is 5.41 Å². The molecule has 6 N–H and O–H groups in total. The first-order valence-electron chi connectivity index (χ1n) is 7.81. The van der Waals surface area contributed by atoms with Crippen molar-refractivity contribution in [2.24, 2.45) is 5.73 Å². The van der Waals surface area contributed by atoms with Gasteiger partial charge in [-0.2, -0.15) is 0 Å². The van der Waals surface area contributed by atoms with E-state index in [4.69, 9.17) is 16.2 Å². The van der Waals surface area contributed by atoms with Crippen molar-refractivity contribution >= 4 is 23.6 Å². The molecular weight excluding hydrogens is 326 g/mol. The molecule has 0 radical (unpaired) electrons. The largest absolute Gasteiger partial charge is 0.480 e. The number of nitrogens with two attached hydrogens (primary N) is 1. The number of amidine groups is 1. The third-order valence-electron chi connectivity index (χ3n) is 3.93. The van der Waals surface area contributed by atoms with Crippen LogP contribution in [-0.2, 0) is 20.9 Å². The van der Waals surface area contributed by atoms with E-state index in [0.29, 0.717) is 25.1 Å². The molecule has 0 unspecified atom stereocenters. The van der Waals surface area contributed by atoms with E-state index in [1.807, 2.05) is 0 Å². The lowest BCUT2D eigenvalue weighted by Gasteiger charge is -2.39. The topological polar surface area (TPSA) is 149 Å². The van der Waals surface area contributed by atoms with Crippen molar-refractivity contribution in [2.45, 2.75) is 19.0 Å². The lowest BCUT2D eigenvalue weighted by molar-refractivity contribution is -0.147. The van der Waals surface area contributed by atoms with E-state index in [1.165, 1.54) is 4.90 Å². The molecule has 2 rings (SSSR count). The first-order valence-corrected chi connectivity index (χ1v) is 7.81. The molecule has 0 aromatic heterocycles. The number of nitrogen functional groups attached to an aromatic ring is 1. The number of rotatable bonds is 8. The van der Waals surface area contributed by atoms with Crippen LogP contribution >= 0.6 is 0 Å². The predicted octanol–water partition coefficient (Wildman–Crippen LogP) is -1.14. The Balaban J connectivity index is 1.79. The summed E-state index contributed by atoms with van der Waals surface area (Å²) in [7, 11) is 0. The van der Waals surface area contributed by atoms with Gasteiger partial charge in [0.2, 0.25) is 11.8 Å². The fourth-order valence-electron chi connectivity index (χ4n) is 2.45. The Morgan fingerprint density at radius 1 is 1.24 bits per heavy atom. The molecule has 1 aromatic rings. The minimum absolute atomic E-state index is 0.0179. The van der Waals surface area contributed by atoms with E-state index in [0.717, 1.165) is 5.56 Å². The number of benzene rings is 1. The minimum atomic E-state index is -1.04. The Hall–Kier alpha value is -2.94. The van der Waals surface area contributed by atoms with Crippen LogP contribution in [0.5, 0.6) is 0 Å². The fourth-order valence-corrected chi connectivity index (χ4v) is 2.45. The van der Waals surface area contributed by atoms with Gasteiger partial charge in [-0.15, -0.1) is 0 Å². The van der Waals surface area contributed by atoms with Crippen LogP contribution in [0.4, 0.5) is 0 Å². The summed E-state index contributed by atoms with van der Waals surface area (Å²) in [6, 6.07) is 6.44. The number of aliphatic carboxylic acids is 1. The maximum absolute atomic E-state index is 12.2. The Morgan fingerprint density at radius 2 is 1.92 bits per heavy atom. The van der Waals surface area contributed by atoms with Crippen molar-refractivity contribution in [3.05, 3.63) is 35.4 Å². The monoisotopic (exact) mass is 347 g/mol. The number of hydrogen-bond acceptors (Lipinski definition) is 5. The Kier molecular flexibility index (Phi) is 6.07. The molecule has 1 fully saturated rings. The van der Waals surface area contributed by atoms with E-state index >= 15 is 0 Å². The number of likely N-dealkylation sites (tertiary alicyclic amines) is 1. The number of nitrogens with zero attached hydrogens (tertiary/aromatic N) is 1. The van der Waals surface area contributed by atoms with Crippen LogP contribution < -0.4 is 16.4 Å². The molecule has 1 heterocycles. The van der Waals surface area contributed by atoms with Gasteiger partial charge in [0, 0.05) is 18.7 Å². The van der Waals surface area contributed by atoms with E-state index in [1.54, 1.807) is 24.3 Å². The maximum atomic E-state index is 12.2. The zero-order valence-electron chi connectivity index (χ0n) is 13.6. The molecule has 0 aliphatic carbocycles. The van der Waals surface area contributed by atoms with Gasteiger partial charge in [-0.3, -0.25) is 25.1 Å². The van der Waals surface area contributed by atoms with Crippen LogP contribution in [0.1, 0.15) is 17.5 Å². The Morgan fingerprint density at radius 3 is 2.44 bits per heavy atom. The van der Waals surface area contributed by atoms with Crippen LogP contribution in [0.25, 0.3) is 0 Å². The average molecular weight is 347 g/mol. The van der Waals surface area contributed by atoms with Gasteiger partial charge < -0.3 is 21.1 Å². The molecule has 0 bridgehead atoms. The first-order chi connectivity index (χ1) is 11.9. The van der Waals surface area contributed by atoms with Crippen molar-refractivity contribution in [3.63, 3.8) is 0 Å². The average Bonchev–Trinajstić information content (AvgIpc) is 2.51. The quantitative estimate of drug-likeness (QED) is 0.296. The molecular formula is C16H21N5O4. The lowest BCUT2D eigenvalue weighted by atomic mass is 10.0. The Bertz CT molecular complexity index is 674.